The molecule has 0 aliphatic carbocycles. The van der Waals surface area contributed by atoms with E-state index in [4.69, 9.17) is 4.28 Å². The highest BCUT2D eigenvalue weighted by molar-refractivity contribution is 7.85. The van der Waals surface area contributed by atoms with Crippen molar-refractivity contribution >= 4 is 16.0 Å². The number of hydrogen-bond acceptors (Lipinski definition) is 4. The zero-order valence-electron chi connectivity index (χ0n) is 12.9. The van der Waals surface area contributed by atoms with Crippen LogP contribution >= 0.6 is 0 Å². The van der Waals surface area contributed by atoms with Crippen molar-refractivity contribution in [3.8, 4) is 0 Å². The van der Waals surface area contributed by atoms with Gasteiger partial charge in [-0.3, -0.25) is 4.79 Å². The molecular weight excluding hydrogens is 314 g/mol. The summed E-state index contributed by atoms with van der Waals surface area (Å²) in [7, 11) is -3.76. The van der Waals surface area contributed by atoms with Gasteiger partial charge < -0.3 is 0 Å². The predicted octanol–water partition coefficient (Wildman–Crippen LogP) is 2.19. The summed E-state index contributed by atoms with van der Waals surface area (Å²) in [6.45, 7) is 0.169. The fourth-order valence-electron chi connectivity index (χ4n) is 2.10. The molecule has 0 aliphatic rings. The summed E-state index contributed by atoms with van der Waals surface area (Å²) in [5.74, 6) is -0.391. The molecule has 0 N–H and O–H groups in total. The largest absolute Gasteiger partial charge is 0.285 e. The molecule has 0 radical (unpaired) electrons. The molecule has 5 nitrogen and oxygen atoms in total. The smallest absolute Gasteiger partial charge is 0.272 e. The first-order chi connectivity index (χ1) is 10.9. The number of nitrogens with zero attached hydrogens (tertiary/aromatic N) is 1. The lowest BCUT2D eigenvalue weighted by Crippen LogP contribution is -2.36. The molecule has 0 bridgehead atoms. The van der Waals surface area contributed by atoms with Crippen LogP contribution in [0.25, 0.3) is 0 Å². The average Bonchev–Trinajstić information content (AvgIpc) is 2.52. The number of amides is 1. The number of hydroxylamine groups is 2. The van der Waals surface area contributed by atoms with Gasteiger partial charge in [0.25, 0.3) is 16.0 Å². The van der Waals surface area contributed by atoms with E-state index in [2.05, 4.69) is 0 Å². The van der Waals surface area contributed by atoms with Crippen LogP contribution in [0.5, 0.6) is 0 Å². The van der Waals surface area contributed by atoms with E-state index in [9.17, 15) is 13.2 Å². The summed E-state index contributed by atoms with van der Waals surface area (Å²) >= 11 is 0. The van der Waals surface area contributed by atoms with Crippen molar-refractivity contribution in [3.63, 3.8) is 0 Å². The third-order valence-electron chi connectivity index (χ3n) is 3.15. The standard InChI is InChI=1S/C17H19NO4S/c1-23(20,21)22-18(13-12-15-8-4-2-5-9-15)17(19)14-16-10-6-3-7-11-16/h2-11H,12-14H2,1H3. The molecule has 2 aromatic carbocycles. The molecule has 23 heavy (non-hydrogen) atoms. The molecule has 0 atom stereocenters. The van der Waals surface area contributed by atoms with Gasteiger partial charge in [0.15, 0.2) is 0 Å². The summed E-state index contributed by atoms with van der Waals surface area (Å²) in [4.78, 5) is 12.3. The Hall–Kier alpha value is -2.18. The third kappa shape index (κ3) is 6.22. The van der Waals surface area contributed by atoms with E-state index in [0.717, 1.165) is 22.4 Å². The number of hydrogen-bond donors (Lipinski definition) is 0. The van der Waals surface area contributed by atoms with E-state index in [1.165, 1.54) is 0 Å². The summed E-state index contributed by atoms with van der Waals surface area (Å²) in [6, 6.07) is 18.7. The van der Waals surface area contributed by atoms with Crippen LogP contribution in [0.2, 0.25) is 0 Å². The van der Waals surface area contributed by atoms with Crippen LogP contribution in [0.4, 0.5) is 0 Å². The van der Waals surface area contributed by atoms with E-state index in [-0.39, 0.29) is 13.0 Å². The SMILES string of the molecule is CS(=O)(=O)ON(CCc1ccccc1)C(=O)Cc1ccccc1. The van der Waals surface area contributed by atoms with Crippen molar-refractivity contribution in [2.45, 2.75) is 12.8 Å². The predicted molar refractivity (Wildman–Crippen MR) is 87.9 cm³/mol. The Morgan fingerprint density at radius 3 is 2.00 bits per heavy atom. The molecule has 0 saturated carbocycles. The highest BCUT2D eigenvalue weighted by Crippen LogP contribution is 2.08. The summed E-state index contributed by atoms with van der Waals surface area (Å²) in [5.41, 5.74) is 1.81. The maximum absolute atomic E-state index is 12.3. The maximum atomic E-state index is 12.3. The summed E-state index contributed by atoms with van der Waals surface area (Å²) < 4.78 is 27.6. The Kier molecular flexibility index (Phi) is 5.90. The minimum absolute atomic E-state index is 0.0884. The molecule has 0 fully saturated rings. The van der Waals surface area contributed by atoms with Gasteiger partial charge in [-0.05, 0) is 17.5 Å². The van der Waals surface area contributed by atoms with E-state index < -0.39 is 16.0 Å². The van der Waals surface area contributed by atoms with E-state index >= 15 is 0 Å². The van der Waals surface area contributed by atoms with Crippen LogP contribution in [0.3, 0.4) is 0 Å². The van der Waals surface area contributed by atoms with Gasteiger partial charge in [0.2, 0.25) is 0 Å². The molecule has 0 aliphatic heterocycles. The van der Waals surface area contributed by atoms with Gasteiger partial charge in [0, 0.05) is 0 Å². The average molecular weight is 333 g/mol. The first-order valence-electron chi connectivity index (χ1n) is 7.22. The molecule has 0 spiro atoms. The van der Waals surface area contributed by atoms with Crippen LogP contribution in [-0.4, -0.2) is 32.2 Å². The van der Waals surface area contributed by atoms with Crippen molar-refractivity contribution in [2.24, 2.45) is 0 Å². The Labute approximate surface area is 136 Å². The first kappa shape index (κ1) is 17.2. The molecule has 122 valence electrons. The van der Waals surface area contributed by atoms with Gasteiger partial charge in [-0.2, -0.15) is 8.42 Å². The highest BCUT2D eigenvalue weighted by Gasteiger charge is 2.19. The van der Waals surface area contributed by atoms with Crippen molar-refractivity contribution in [2.75, 3.05) is 12.8 Å². The second kappa shape index (κ2) is 7.89. The molecule has 0 unspecified atom stereocenters. The third-order valence-corrected chi connectivity index (χ3v) is 3.60. The molecular formula is C17H19NO4S. The van der Waals surface area contributed by atoms with Crippen LogP contribution in [0.15, 0.2) is 60.7 Å². The van der Waals surface area contributed by atoms with Crippen molar-refractivity contribution in [1.29, 1.82) is 0 Å². The van der Waals surface area contributed by atoms with E-state index in [1.807, 2.05) is 60.7 Å². The maximum Gasteiger partial charge on any atom is 0.285 e. The van der Waals surface area contributed by atoms with Crippen LogP contribution in [-0.2, 0) is 32.0 Å². The Morgan fingerprint density at radius 2 is 1.48 bits per heavy atom. The lowest BCUT2D eigenvalue weighted by molar-refractivity contribution is -0.155. The molecule has 0 aromatic heterocycles. The molecule has 2 rings (SSSR count). The number of rotatable bonds is 7. The molecule has 1 amide bonds. The first-order valence-corrected chi connectivity index (χ1v) is 9.03. The van der Waals surface area contributed by atoms with Crippen LogP contribution < -0.4 is 0 Å². The summed E-state index contributed by atoms with van der Waals surface area (Å²) in [6.07, 6.45) is 1.53. The van der Waals surface area contributed by atoms with Crippen molar-refractivity contribution < 1.29 is 17.5 Å². The zero-order valence-corrected chi connectivity index (χ0v) is 13.7. The lowest BCUT2D eigenvalue weighted by atomic mass is 10.1. The van der Waals surface area contributed by atoms with Crippen molar-refractivity contribution in [1.82, 2.24) is 5.06 Å². The Bertz CT molecular complexity index is 730. The number of carbonyl (C=O) groups excluding carboxylic acids is 1. The second-order valence-corrected chi connectivity index (χ2v) is 6.73. The lowest BCUT2D eigenvalue weighted by Gasteiger charge is -2.20. The number of benzene rings is 2. The van der Waals surface area contributed by atoms with Crippen LogP contribution in [0.1, 0.15) is 11.1 Å². The molecule has 0 saturated heterocycles. The topological polar surface area (TPSA) is 63.7 Å². The van der Waals surface area contributed by atoms with Gasteiger partial charge in [-0.1, -0.05) is 60.7 Å². The second-order valence-electron chi connectivity index (χ2n) is 5.17. The molecule has 0 heterocycles. The normalized spacial score (nSPS) is 11.2. The monoisotopic (exact) mass is 333 g/mol. The van der Waals surface area contributed by atoms with Crippen molar-refractivity contribution in [3.05, 3.63) is 71.8 Å². The number of carbonyl (C=O) groups is 1. The minimum Gasteiger partial charge on any atom is -0.272 e. The van der Waals surface area contributed by atoms with E-state index in [1.54, 1.807) is 0 Å². The highest BCUT2D eigenvalue weighted by atomic mass is 32.2. The minimum atomic E-state index is -3.76. The fraction of sp³-hybridized carbons (Fsp3) is 0.235. The molecule has 6 heteroatoms. The zero-order chi connectivity index (χ0) is 16.7. The van der Waals surface area contributed by atoms with Crippen LogP contribution in [0, 0.1) is 0 Å². The van der Waals surface area contributed by atoms with Gasteiger partial charge in [0.1, 0.15) is 0 Å². The van der Waals surface area contributed by atoms with Gasteiger partial charge in [-0.15, -0.1) is 4.28 Å². The fourth-order valence-corrected chi connectivity index (χ4v) is 2.59. The van der Waals surface area contributed by atoms with Gasteiger partial charge >= 0.3 is 0 Å². The van der Waals surface area contributed by atoms with Gasteiger partial charge in [0.05, 0.1) is 19.2 Å². The molecule has 2 aromatic rings. The Balaban J connectivity index is 2.05. The van der Waals surface area contributed by atoms with Gasteiger partial charge in [-0.25, -0.2) is 5.06 Å². The summed E-state index contributed by atoms with van der Waals surface area (Å²) in [5, 5.41) is 0.926. The van der Waals surface area contributed by atoms with E-state index in [0.29, 0.717) is 6.42 Å². The Morgan fingerprint density at radius 1 is 0.957 bits per heavy atom. The quantitative estimate of drug-likeness (QED) is 0.729.